The van der Waals surface area contributed by atoms with Crippen LogP contribution < -0.4 is 10.6 Å². The van der Waals surface area contributed by atoms with Crippen LogP contribution in [0.2, 0.25) is 0 Å². The predicted molar refractivity (Wildman–Crippen MR) is 94.7 cm³/mol. The van der Waals surface area contributed by atoms with Gasteiger partial charge in [-0.1, -0.05) is 30.3 Å². The van der Waals surface area contributed by atoms with Gasteiger partial charge in [0.15, 0.2) is 0 Å². The predicted octanol–water partition coefficient (Wildman–Crippen LogP) is 1.60. The number of likely N-dealkylation sites (N-methyl/N-ethyl adjacent to an activating group) is 1. The van der Waals surface area contributed by atoms with Gasteiger partial charge in [0.05, 0.1) is 6.04 Å². The molecule has 132 valence electrons. The van der Waals surface area contributed by atoms with E-state index in [4.69, 9.17) is 0 Å². The van der Waals surface area contributed by atoms with Gasteiger partial charge < -0.3 is 20.4 Å². The average Bonchev–Trinajstić information content (AvgIpc) is 2.96. The van der Waals surface area contributed by atoms with Crippen LogP contribution in [0.25, 0.3) is 0 Å². The molecule has 1 aromatic rings. The van der Waals surface area contributed by atoms with Crippen molar-refractivity contribution in [1.82, 2.24) is 20.4 Å². The Morgan fingerprint density at radius 2 is 2.04 bits per heavy atom. The van der Waals surface area contributed by atoms with Crippen LogP contribution in [0.15, 0.2) is 30.3 Å². The monoisotopic (exact) mass is 332 g/mol. The SMILES string of the molecule is CN(C)CC(NC(=O)NCCCN1CCCC1=O)c1ccccc1. The van der Waals surface area contributed by atoms with Crippen molar-refractivity contribution in [3.05, 3.63) is 35.9 Å². The van der Waals surface area contributed by atoms with E-state index in [2.05, 4.69) is 15.5 Å². The maximum absolute atomic E-state index is 12.1. The molecule has 6 nitrogen and oxygen atoms in total. The summed E-state index contributed by atoms with van der Waals surface area (Å²) in [7, 11) is 3.98. The number of benzene rings is 1. The highest BCUT2D eigenvalue weighted by Gasteiger charge is 2.19. The Morgan fingerprint density at radius 3 is 2.67 bits per heavy atom. The minimum absolute atomic E-state index is 0.0543. The summed E-state index contributed by atoms with van der Waals surface area (Å²) >= 11 is 0. The maximum atomic E-state index is 12.1. The third-order valence-electron chi connectivity index (χ3n) is 4.12. The summed E-state index contributed by atoms with van der Waals surface area (Å²) in [6, 6.07) is 9.74. The van der Waals surface area contributed by atoms with Crippen LogP contribution in [0.5, 0.6) is 0 Å². The molecule has 0 saturated carbocycles. The van der Waals surface area contributed by atoms with E-state index < -0.39 is 0 Å². The van der Waals surface area contributed by atoms with E-state index >= 15 is 0 Å². The van der Waals surface area contributed by atoms with E-state index in [0.717, 1.165) is 38.0 Å². The first-order valence-electron chi connectivity index (χ1n) is 8.58. The Hall–Kier alpha value is -2.08. The van der Waals surface area contributed by atoms with Crippen LogP contribution in [0, 0.1) is 0 Å². The summed E-state index contributed by atoms with van der Waals surface area (Å²) in [5.74, 6) is 0.231. The van der Waals surface area contributed by atoms with Crippen LogP contribution >= 0.6 is 0 Å². The molecule has 1 saturated heterocycles. The van der Waals surface area contributed by atoms with Crippen LogP contribution in [0.3, 0.4) is 0 Å². The highest BCUT2D eigenvalue weighted by molar-refractivity contribution is 5.78. The second-order valence-electron chi connectivity index (χ2n) is 6.46. The number of nitrogens with one attached hydrogen (secondary N) is 2. The van der Waals surface area contributed by atoms with Gasteiger partial charge in [0.25, 0.3) is 0 Å². The summed E-state index contributed by atoms with van der Waals surface area (Å²) in [6.07, 6.45) is 2.40. The molecule has 3 amide bonds. The van der Waals surface area contributed by atoms with Gasteiger partial charge in [-0.2, -0.15) is 0 Å². The Labute approximate surface area is 144 Å². The maximum Gasteiger partial charge on any atom is 0.315 e. The molecule has 1 heterocycles. The number of hydrogen-bond acceptors (Lipinski definition) is 3. The van der Waals surface area contributed by atoms with Gasteiger partial charge in [-0.25, -0.2) is 4.79 Å². The lowest BCUT2D eigenvalue weighted by molar-refractivity contribution is -0.127. The fourth-order valence-corrected chi connectivity index (χ4v) is 2.91. The van der Waals surface area contributed by atoms with E-state index in [9.17, 15) is 9.59 Å². The molecule has 6 heteroatoms. The minimum Gasteiger partial charge on any atom is -0.343 e. The summed E-state index contributed by atoms with van der Waals surface area (Å²) in [5.41, 5.74) is 1.09. The van der Waals surface area contributed by atoms with Gasteiger partial charge in [-0.3, -0.25) is 4.79 Å². The van der Waals surface area contributed by atoms with E-state index in [1.807, 2.05) is 49.3 Å². The highest BCUT2D eigenvalue weighted by Crippen LogP contribution is 2.13. The summed E-state index contributed by atoms with van der Waals surface area (Å²) < 4.78 is 0. The number of hydrogen-bond donors (Lipinski definition) is 2. The molecule has 0 aromatic heterocycles. The van der Waals surface area contributed by atoms with Crippen molar-refractivity contribution >= 4 is 11.9 Å². The number of rotatable bonds is 8. The molecule has 1 fully saturated rings. The van der Waals surface area contributed by atoms with Crippen molar-refractivity contribution in [2.45, 2.75) is 25.3 Å². The lowest BCUT2D eigenvalue weighted by Crippen LogP contribution is -2.42. The Bertz CT molecular complexity index is 533. The van der Waals surface area contributed by atoms with Crippen LogP contribution in [0.1, 0.15) is 30.9 Å². The number of carbonyl (C=O) groups is 2. The standard InChI is InChI=1S/C18H28N4O2/c1-21(2)14-16(15-8-4-3-5-9-15)20-18(24)19-11-7-13-22-12-6-10-17(22)23/h3-5,8-9,16H,6-7,10-14H2,1-2H3,(H2,19,20,24). The Kier molecular flexibility index (Phi) is 7.06. The lowest BCUT2D eigenvalue weighted by Gasteiger charge is -2.23. The van der Waals surface area contributed by atoms with Crippen molar-refractivity contribution in [3.8, 4) is 0 Å². The van der Waals surface area contributed by atoms with Crippen LogP contribution in [-0.4, -0.2) is 62.0 Å². The molecule has 1 aliphatic heterocycles. The van der Waals surface area contributed by atoms with Crippen LogP contribution in [0.4, 0.5) is 4.79 Å². The Balaban J connectivity index is 1.75. The molecule has 0 spiro atoms. The minimum atomic E-state index is -0.168. The third kappa shape index (κ3) is 5.85. The molecule has 1 atom stereocenters. The summed E-state index contributed by atoms with van der Waals surface area (Å²) in [5, 5.41) is 5.92. The Morgan fingerprint density at radius 1 is 1.29 bits per heavy atom. The van der Waals surface area contributed by atoms with Gasteiger partial charge in [0, 0.05) is 32.6 Å². The van der Waals surface area contributed by atoms with Crippen molar-refractivity contribution in [2.75, 3.05) is 40.3 Å². The molecule has 2 rings (SSSR count). The zero-order valence-corrected chi connectivity index (χ0v) is 14.6. The zero-order valence-electron chi connectivity index (χ0n) is 14.6. The van der Waals surface area contributed by atoms with Gasteiger partial charge >= 0.3 is 6.03 Å². The van der Waals surface area contributed by atoms with Crippen molar-refractivity contribution in [2.24, 2.45) is 0 Å². The zero-order chi connectivity index (χ0) is 17.4. The highest BCUT2D eigenvalue weighted by atomic mass is 16.2. The van der Waals surface area contributed by atoms with E-state index in [1.54, 1.807) is 0 Å². The van der Waals surface area contributed by atoms with Crippen molar-refractivity contribution in [1.29, 1.82) is 0 Å². The molecule has 0 bridgehead atoms. The second-order valence-corrected chi connectivity index (χ2v) is 6.46. The lowest BCUT2D eigenvalue weighted by atomic mass is 10.1. The number of carbonyl (C=O) groups excluding carboxylic acids is 2. The quantitative estimate of drug-likeness (QED) is 0.711. The molecule has 1 aliphatic rings. The molecule has 1 unspecified atom stereocenters. The molecule has 0 radical (unpaired) electrons. The molecule has 0 aliphatic carbocycles. The number of nitrogens with zero attached hydrogens (tertiary/aromatic N) is 2. The summed E-state index contributed by atoms with van der Waals surface area (Å²) in [4.78, 5) is 27.6. The topological polar surface area (TPSA) is 64.7 Å². The van der Waals surface area contributed by atoms with Crippen molar-refractivity contribution < 1.29 is 9.59 Å². The first kappa shape index (κ1) is 18.3. The largest absolute Gasteiger partial charge is 0.343 e. The fourth-order valence-electron chi connectivity index (χ4n) is 2.91. The number of likely N-dealkylation sites (tertiary alicyclic amines) is 1. The van der Waals surface area contributed by atoms with Gasteiger partial charge in [-0.05, 0) is 32.5 Å². The molecular weight excluding hydrogens is 304 g/mol. The molecule has 2 N–H and O–H groups in total. The average molecular weight is 332 g/mol. The van der Waals surface area contributed by atoms with Crippen molar-refractivity contribution in [3.63, 3.8) is 0 Å². The van der Waals surface area contributed by atoms with E-state index in [-0.39, 0.29) is 18.0 Å². The first-order valence-corrected chi connectivity index (χ1v) is 8.58. The molecule has 1 aromatic carbocycles. The normalized spacial score (nSPS) is 15.6. The fraction of sp³-hybridized carbons (Fsp3) is 0.556. The van der Waals surface area contributed by atoms with Crippen LogP contribution in [-0.2, 0) is 4.79 Å². The smallest absolute Gasteiger partial charge is 0.315 e. The number of urea groups is 1. The van der Waals surface area contributed by atoms with Gasteiger partial charge in [-0.15, -0.1) is 0 Å². The van der Waals surface area contributed by atoms with Gasteiger partial charge in [0.2, 0.25) is 5.91 Å². The van der Waals surface area contributed by atoms with E-state index in [0.29, 0.717) is 13.0 Å². The first-order chi connectivity index (χ1) is 11.6. The van der Waals surface area contributed by atoms with E-state index in [1.165, 1.54) is 0 Å². The molecular formula is C18H28N4O2. The summed E-state index contributed by atoms with van der Waals surface area (Å²) in [6.45, 7) is 2.88. The van der Waals surface area contributed by atoms with Gasteiger partial charge in [0.1, 0.15) is 0 Å². The molecule has 24 heavy (non-hydrogen) atoms. The third-order valence-corrected chi connectivity index (χ3v) is 4.12. The second kappa shape index (κ2) is 9.27. The number of amides is 3.